The van der Waals surface area contributed by atoms with Crippen LogP contribution in [0.4, 0.5) is 0 Å². The lowest BCUT2D eigenvalue weighted by molar-refractivity contribution is 0.373. The minimum Gasteiger partial charge on any atom is -0.504 e. The Balaban J connectivity index is 0.000000487. The van der Waals surface area contributed by atoms with E-state index < -0.39 is 8.25 Å². The van der Waals surface area contributed by atoms with Crippen LogP contribution in [-0.4, -0.2) is 22.0 Å². The Hall–Kier alpha value is -1.29. The summed E-state index contributed by atoms with van der Waals surface area (Å²) in [4.78, 5) is 14.3. The van der Waals surface area contributed by atoms with Crippen molar-refractivity contribution in [3.63, 3.8) is 0 Å². The van der Waals surface area contributed by atoms with Crippen LogP contribution in [0.15, 0.2) is 30.9 Å². The van der Waals surface area contributed by atoms with Crippen LogP contribution in [0.5, 0.6) is 11.5 Å². The van der Waals surface area contributed by atoms with Crippen molar-refractivity contribution < 1.29 is 24.2 Å². The first-order valence-electron chi connectivity index (χ1n) is 4.40. The molecule has 0 saturated heterocycles. The summed E-state index contributed by atoms with van der Waals surface area (Å²) in [7, 11) is -1.60. The number of aromatic hydroxyl groups is 1. The molecule has 1 aromatic rings. The summed E-state index contributed by atoms with van der Waals surface area (Å²) in [5.41, 5.74) is 1.08. The third-order valence-corrected chi connectivity index (χ3v) is 1.62. The number of hydrogen-bond acceptors (Lipinski definition) is 3. The molecule has 0 aliphatic rings. The fraction of sp³-hybridized carbons (Fsp3) is 0.200. The summed E-state index contributed by atoms with van der Waals surface area (Å²) in [6.07, 6.45) is 2.60. The van der Waals surface area contributed by atoms with E-state index in [2.05, 4.69) is 6.58 Å². The largest absolute Gasteiger partial charge is 0.504 e. The molecular formula is C10H15O5P. The van der Waals surface area contributed by atoms with Gasteiger partial charge in [0.15, 0.2) is 11.5 Å². The fourth-order valence-electron chi connectivity index (χ4n) is 1.02. The second-order valence-corrected chi connectivity index (χ2v) is 3.35. The number of hydrogen-bond donors (Lipinski definition) is 3. The van der Waals surface area contributed by atoms with E-state index in [1.165, 1.54) is 7.11 Å². The van der Waals surface area contributed by atoms with Crippen molar-refractivity contribution in [1.82, 2.24) is 0 Å². The molecule has 0 saturated carbocycles. The number of ether oxygens (including phenoxy) is 1. The smallest absolute Gasteiger partial charge is 0.314 e. The molecule has 0 aliphatic heterocycles. The van der Waals surface area contributed by atoms with Crippen LogP contribution >= 0.6 is 8.25 Å². The van der Waals surface area contributed by atoms with Crippen LogP contribution in [0.1, 0.15) is 5.56 Å². The molecule has 0 atom stereocenters. The summed E-state index contributed by atoms with van der Waals surface area (Å²) in [5, 5.41) is 9.25. The summed E-state index contributed by atoms with van der Waals surface area (Å²) < 4.78 is 13.7. The molecule has 0 fully saturated rings. The second kappa shape index (κ2) is 7.93. The van der Waals surface area contributed by atoms with Gasteiger partial charge in [-0.1, -0.05) is 12.1 Å². The maximum Gasteiger partial charge on any atom is 0.314 e. The highest BCUT2D eigenvalue weighted by atomic mass is 31.1. The van der Waals surface area contributed by atoms with Crippen molar-refractivity contribution in [3.8, 4) is 11.5 Å². The van der Waals surface area contributed by atoms with Crippen LogP contribution in [0.25, 0.3) is 0 Å². The molecule has 16 heavy (non-hydrogen) atoms. The highest BCUT2D eigenvalue weighted by Gasteiger charge is 2.00. The van der Waals surface area contributed by atoms with E-state index >= 15 is 0 Å². The van der Waals surface area contributed by atoms with Gasteiger partial charge in [-0.3, -0.25) is 4.57 Å². The lowest BCUT2D eigenvalue weighted by Gasteiger charge is -2.04. The number of phenolic OH excluding ortho intramolecular Hbond substituents is 1. The van der Waals surface area contributed by atoms with E-state index in [9.17, 15) is 5.11 Å². The minimum atomic E-state index is -3.13. The van der Waals surface area contributed by atoms with E-state index in [1.54, 1.807) is 12.1 Å². The number of allylic oxidation sites excluding steroid dienone is 1. The molecule has 0 spiro atoms. The van der Waals surface area contributed by atoms with Crippen molar-refractivity contribution in [2.75, 3.05) is 7.11 Å². The lowest BCUT2D eigenvalue weighted by Crippen LogP contribution is -1.86. The SMILES string of the molecule is C=CCc1ccc(O)c(OC)c1.O=[PH](O)O. The van der Waals surface area contributed by atoms with Crippen molar-refractivity contribution >= 4 is 8.25 Å². The van der Waals surface area contributed by atoms with Gasteiger partial charge in [0.1, 0.15) is 0 Å². The number of phenols is 1. The number of rotatable bonds is 3. The zero-order chi connectivity index (χ0) is 12.6. The van der Waals surface area contributed by atoms with E-state index in [0.717, 1.165) is 12.0 Å². The van der Waals surface area contributed by atoms with Gasteiger partial charge in [-0.25, -0.2) is 0 Å². The summed E-state index contributed by atoms with van der Waals surface area (Å²) >= 11 is 0. The van der Waals surface area contributed by atoms with Crippen LogP contribution in [0.3, 0.4) is 0 Å². The maximum absolute atomic E-state index is 9.25. The summed E-state index contributed by atoms with van der Waals surface area (Å²) in [6.45, 7) is 3.63. The van der Waals surface area contributed by atoms with E-state index in [1.807, 2.05) is 12.1 Å². The predicted octanol–water partition coefficient (Wildman–Crippen LogP) is 1.49. The Bertz CT molecular complexity index is 360. The predicted molar refractivity (Wildman–Crippen MR) is 62.0 cm³/mol. The third kappa shape index (κ3) is 6.24. The van der Waals surface area contributed by atoms with Gasteiger partial charge in [-0.2, -0.15) is 0 Å². The minimum absolute atomic E-state index is 0.172. The fourth-order valence-corrected chi connectivity index (χ4v) is 1.02. The van der Waals surface area contributed by atoms with Gasteiger partial charge in [-0.05, 0) is 24.1 Å². The average molecular weight is 246 g/mol. The first-order chi connectivity index (χ1) is 7.51. The van der Waals surface area contributed by atoms with Crippen LogP contribution in [0.2, 0.25) is 0 Å². The normalized spacial score (nSPS) is 9.25. The van der Waals surface area contributed by atoms with Crippen LogP contribution < -0.4 is 4.74 Å². The molecule has 1 aromatic carbocycles. The molecule has 0 unspecified atom stereocenters. The molecule has 0 amide bonds. The zero-order valence-corrected chi connectivity index (χ0v) is 9.88. The van der Waals surface area contributed by atoms with Gasteiger partial charge in [0.05, 0.1) is 7.11 Å². The first-order valence-corrected chi connectivity index (χ1v) is 5.70. The molecule has 3 N–H and O–H groups in total. The topological polar surface area (TPSA) is 87.0 Å². The molecule has 1 rings (SSSR count). The van der Waals surface area contributed by atoms with E-state index in [4.69, 9.17) is 19.1 Å². The molecule has 6 heteroatoms. The molecule has 0 heterocycles. The lowest BCUT2D eigenvalue weighted by atomic mass is 10.1. The second-order valence-electron chi connectivity index (χ2n) is 2.78. The maximum atomic E-state index is 9.25. The Morgan fingerprint density at radius 3 is 2.50 bits per heavy atom. The summed E-state index contributed by atoms with van der Waals surface area (Å²) in [5.74, 6) is 0.680. The zero-order valence-electron chi connectivity index (χ0n) is 8.88. The van der Waals surface area contributed by atoms with Crippen molar-refractivity contribution in [2.24, 2.45) is 0 Å². The summed E-state index contributed by atoms with van der Waals surface area (Å²) in [6, 6.07) is 5.27. The van der Waals surface area contributed by atoms with Crippen LogP contribution in [0, 0.1) is 0 Å². The van der Waals surface area contributed by atoms with Crippen LogP contribution in [-0.2, 0) is 11.0 Å². The average Bonchev–Trinajstić information content (AvgIpc) is 2.20. The molecule has 0 radical (unpaired) electrons. The highest BCUT2D eigenvalue weighted by molar-refractivity contribution is 7.30. The van der Waals surface area contributed by atoms with Crippen molar-refractivity contribution in [1.29, 1.82) is 0 Å². The van der Waals surface area contributed by atoms with E-state index in [0.29, 0.717) is 5.75 Å². The third-order valence-electron chi connectivity index (χ3n) is 1.62. The Morgan fingerprint density at radius 2 is 2.06 bits per heavy atom. The quantitative estimate of drug-likeness (QED) is 0.555. The molecule has 0 bridgehead atoms. The van der Waals surface area contributed by atoms with Gasteiger partial charge in [-0.15, -0.1) is 6.58 Å². The van der Waals surface area contributed by atoms with Crippen molar-refractivity contribution in [3.05, 3.63) is 36.4 Å². The number of methoxy groups -OCH3 is 1. The van der Waals surface area contributed by atoms with Gasteiger partial charge in [0.2, 0.25) is 0 Å². The van der Waals surface area contributed by atoms with Gasteiger partial charge < -0.3 is 19.6 Å². The molecule has 90 valence electrons. The van der Waals surface area contributed by atoms with Gasteiger partial charge in [0, 0.05) is 0 Å². The van der Waals surface area contributed by atoms with Gasteiger partial charge >= 0.3 is 8.25 Å². The molecule has 0 aliphatic carbocycles. The van der Waals surface area contributed by atoms with Gasteiger partial charge in [0.25, 0.3) is 0 Å². The molecule has 0 aromatic heterocycles. The first kappa shape index (κ1) is 14.7. The molecule has 5 nitrogen and oxygen atoms in total. The Kier molecular flexibility index (Phi) is 7.29. The number of benzene rings is 1. The Labute approximate surface area is 94.6 Å². The standard InChI is InChI=1S/C10H12O2.H3O3P/c1-3-4-8-5-6-9(11)10(7-8)12-2;1-4(2)3/h3,5-7,11H,1,4H2,2H3;4H,(H2,1,2,3). The van der Waals surface area contributed by atoms with Crippen molar-refractivity contribution in [2.45, 2.75) is 6.42 Å². The monoisotopic (exact) mass is 246 g/mol. The van der Waals surface area contributed by atoms with E-state index in [-0.39, 0.29) is 5.75 Å². The molecular weight excluding hydrogens is 231 g/mol. The highest BCUT2D eigenvalue weighted by Crippen LogP contribution is 2.26. The Morgan fingerprint density at radius 1 is 1.50 bits per heavy atom.